The monoisotopic (exact) mass is 316 g/mol. The quantitative estimate of drug-likeness (QED) is 0.742. The van der Waals surface area contributed by atoms with Crippen molar-refractivity contribution in [3.63, 3.8) is 0 Å². The van der Waals surface area contributed by atoms with Gasteiger partial charge in [-0.25, -0.2) is 4.98 Å². The van der Waals surface area contributed by atoms with Crippen molar-refractivity contribution in [3.8, 4) is 0 Å². The van der Waals surface area contributed by atoms with Gasteiger partial charge in [0, 0.05) is 11.8 Å². The van der Waals surface area contributed by atoms with Crippen molar-refractivity contribution in [1.82, 2.24) is 9.71 Å². The lowest BCUT2D eigenvalue weighted by molar-refractivity contribution is 0.268. The van der Waals surface area contributed by atoms with Crippen molar-refractivity contribution in [2.75, 3.05) is 0 Å². The van der Waals surface area contributed by atoms with E-state index >= 15 is 0 Å². The highest BCUT2D eigenvalue weighted by Crippen LogP contribution is 2.23. The summed E-state index contributed by atoms with van der Waals surface area (Å²) in [5.74, 6) is 0.571. The van der Waals surface area contributed by atoms with Gasteiger partial charge in [0.25, 0.3) is 0 Å². The molecule has 0 unspecified atom stereocenters. The Labute approximate surface area is 129 Å². The van der Waals surface area contributed by atoms with E-state index in [1.807, 2.05) is 25.1 Å². The van der Waals surface area contributed by atoms with Crippen molar-refractivity contribution in [3.05, 3.63) is 60.2 Å². The van der Waals surface area contributed by atoms with Crippen molar-refractivity contribution in [2.24, 2.45) is 0 Å². The Morgan fingerprint density at radius 1 is 1.14 bits per heavy atom. The molecule has 0 bridgehead atoms. The molecule has 3 rings (SSSR count). The lowest BCUT2D eigenvalue weighted by Gasteiger charge is -2.10. The molecule has 0 atom stereocenters. The van der Waals surface area contributed by atoms with Crippen LogP contribution in [0, 0.1) is 6.92 Å². The van der Waals surface area contributed by atoms with Gasteiger partial charge in [-0.05, 0) is 18.4 Å². The topological polar surface area (TPSA) is 61.2 Å². The summed E-state index contributed by atoms with van der Waals surface area (Å²) in [5, 5.41) is 1.49. The van der Waals surface area contributed by atoms with E-state index < -0.39 is 10.1 Å². The maximum atomic E-state index is 12.6. The zero-order valence-electron chi connectivity index (χ0n) is 12.4. The molecule has 2 aromatic carbocycles. The molecule has 1 heterocycles. The van der Waals surface area contributed by atoms with E-state index in [9.17, 15) is 8.42 Å². The van der Waals surface area contributed by atoms with Gasteiger partial charge in [-0.3, -0.25) is 4.28 Å². The molecule has 0 saturated heterocycles. The first-order valence-electron chi connectivity index (χ1n) is 6.99. The molecule has 0 radical (unpaired) electrons. The van der Waals surface area contributed by atoms with E-state index in [2.05, 4.69) is 4.98 Å². The lowest BCUT2D eigenvalue weighted by Crippen LogP contribution is -2.21. The van der Waals surface area contributed by atoms with Crippen molar-refractivity contribution in [2.45, 2.75) is 25.2 Å². The van der Waals surface area contributed by atoms with Crippen LogP contribution in [0.4, 0.5) is 0 Å². The predicted octanol–water partition coefficient (Wildman–Crippen LogP) is 2.72. The van der Waals surface area contributed by atoms with Crippen LogP contribution in [0.1, 0.15) is 18.4 Å². The third-order valence-corrected chi connectivity index (χ3v) is 4.63. The molecule has 3 aromatic rings. The summed E-state index contributed by atoms with van der Waals surface area (Å²) in [4.78, 5) is 4.39. The number of benzene rings is 2. The van der Waals surface area contributed by atoms with Crippen LogP contribution >= 0.6 is 0 Å². The van der Waals surface area contributed by atoms with E-state index in [1.54, 1.807) is 37.4 Å². The van der Waals surface area contributed by atoms with Crippen molar-refractivity contribution in [1.29, 1.82) is 0 Å². The first-order valence-corrected chi connectivity index (χ1v) is 8.39. The normalized spacial score (nSPS) is 11.7. The minimum Gasteiger partial charge on any atom is -0.283 e. The van der Waals surface area contributed by atoms with Crippen LogP contribution in [-0.2, 0) is 16.5 Å². The number of rotatable bonds is 4. The molecular weight excluding hydrogens is 300 g/mol. The fraction of sp³-hybridized carbons (Fsp3) is 0.188. The summed E-state index contributed by atoms with van der Waals surface area (Å²) < 4.78 is 31.7. The second-order valence-electron chi connectivity index (χ2n) is 4.98. The number of hydrogen-bond acceptors (Lipinski definition) is 4. The molecule has 0 fully saturated rings. The van der Waals surface area contributed by atoms with Crippen LogP contribution < -0.4 is 4.28 Å². The zero-order chi connectivity index (χ0) is 15.7. The number of fused-ring (bicyclic) bond motifs is 1. The minimum atomic E-state index is -3.94. The molecule has 0 aliphatic rings. The second-order valence-corrected chi connectivity index (χ2v) is 6.48. The van der Waals surface area contributed by atoms with E-state index in [4.69, 9.17) is 4.28 Å². The van der Waals surface area contributed by atoms with Gasteiger partial charge in [0.05, 0.1) is 11.9 Å². The summed E-state index contributed by atoms with van der Waals surface area (Å²) in [5.41, 5.74) is 0.713. The Hall–Kier alpha value is -2.34. The summed E-state index contributed by atoms with van der Waals surface area (Å²) in [6.45, 7) is 3.69. The molecule has 0 saturated carbocycles. The number of nitrogens with zero attached hydrogens (tertiary/aromatic N) is 2. The van der Waals surface area contributed by atoms with Gasteiger partial charge in [0.2, 0.25) is 0 Å². The first-order chi connectivity index (χ1) is 10.5. The van der Waals surface area contributed by atoms with Gasteiger partial charge in [-0.2, -0.15) is 13.1 Å². The Bertz CT molecular complexity index is 924. The smallest absolute Gasteiger partial charge is 0.283 e. The van der Waals surface area contributed by atoms with Crippen molar-refractivity contribution >= 4 is 20.9 Å². The number of imidazole rings is 1. The van der Waals surface area contributed by atoms with Crippen LogP contribution in [0.3, 0.4) is 0 Å². The van der Waals surface area contributed by atoms with Gasteiger partial charge in [-0.1, -0.05) is 43.3 Å². The minimum absolute atomic E-state index is 0.152. The fourth-order valence-electron chi connectivity index (χ4n) is 2.38. The van der Waals surface area contributed by atoms with Gasteiger partial charge < -0.3 is 0 Å². The Kier molecular flexibility index (Phi) is 3.62. The molecular formula is C16H16N2O3S. The zero-order valence-corrected chi connectivity index (χ0v) is 13.2. The fourth-order valence-corrected chi connectivity index (χ4v) is 3.51. The van der Waals surface area contributed by atoms with E-state index in [0.29, 0.717) is 23.3 Å². The summed E-state index contributed by atoms with van der Waals surface area (Å²) in [6, 6.07) is 12.4. The Balaban J connectivity index is 2.09. The van der Waals surface area contributed by atoms with Crippen LogP contribution in [0.2, 0.25) is 0 Å². The Morgan fingerprint density at radius 3 is 2.64 bits per heavy atom. The van der Waals surface area contributed by atoms with Gasteiger partial charge >= 0.3 is 10.1 Å². The molecule has 5 nitrogen and oxygen atoms in total. The van der Waals surface area contributed by atoms with Crippen LogP contribution in [0.15, 0.2) is 53.6 Å². The molecule has 114 valence electrons. The average molecular weight is 316 g/mol. The van der Waals surface area contributed by atoms with E-state index in [1.165, 1.54) is 4.73 Å². The molecule has 0 amide bonds. The summed E-state index contributed by atoms with van der Waals surface area (Å²) >= 11 is 0. The SMILES string of the molecule is CCc1nc(C)cn1OS(=O)(=O)c1cccc2ccccc12. The largest absolute Gasteiger partial charge is 0.357 e. The molecule has 0 N–H and O–H groups in total. The molecule has 0 aliphatic heterocycles. The van der Waals surface area contributed by atoms with E-state index in [0.717, 1.165) is 5.39 Å². The predicted molar refractivity (Wildman–Crippen MR) is 84.1 cm³/mol. The molecule has 0 aliphatic carbocycles. The van der Waals surface area contributed by atoms with Gasteiger partial charge in [0.15, 0.2) is 0 Å². The molecule has 22 heavy (non-hydrogen) atoms. The number of hydrogen-bond donors (Lipinski definition) is 0. The molecule has 6 heteroatoms. The van der Waals surface area contributed by atoms with Crippen LogP contribution in [0.5, 0.6) is 0 Å². The summed E-state index contributed by atoms with van der Waals surface area (Å²) in [6.07, 6.45) is 2.15. The van der Waals surface area contributed by atoms with Crippen molar-refractivity contribution < 1.29 is 12.7 Å². The van der Waals surface area contributed by atoms with Crippen LogP contribution in [-0.4, -0.2) is 18.1 Å². The van der Waals surface area contributed by atoms with E-state index in [-0.39, 0.29) is 4.90 Å². The Morgan fingerprint density at radius 2 is 1.86 bits per heavy atom. The third-order valence-electron chi connectivity index (χ3n) is 3.38. The average Bonchev–Trinajstić information content (AvgIpc) is 2.85. The highest BCUT2D eigenvalue weighted by atomic mass is 32.2. The standard InChI is InChI=1S/C16H16N2O3S/c1-3-16-17-12(2)11-18(16)21-22(19,20)15-10-6-8-13-7-4-5-9-14(13)15/h4-11H,3H2,1-2H3. The maximum Gasteiger partial charge on any atom is 0.357 e. The third kappa shape index (κ3) is 2.57. The molecule has 0 spiro atoms. The lowest BCUT2D eigenvalue weighted by atomic mass is 10.1. The maximum absolute atomic E-state index is 12.6. The van der Waals surface area contributed by atoms with Gasteiger partial charge in [-0.15, -0.1) is 0 Å². The number of aromatic nitrogens is 2. The highest BCUT2D eigenvalue weighted by molar-refractivity contribution is 7.87. The number of aryl methyl sites for hydroxylation is 2. The molecule has 1 aromatic heterocycles. The summed E-state index contributed by atoms with van der Waals surface area (Å²) in [7, 11) is -3.94. The first kappa shape index (κ1) is 14.6. The van der Waals surface area contributed by atoms with Gasteiger partial charge in [0.1, 0.15) is 10.7 Å². The second kappa shape index (κ2) is 5.46. The van der Waals surface area contributed by atoms with Crippen LogP contribution in [0.25, 0.3) is 10.8 Å². The highest BCUT2D eigenvalue weighted by Gasteiger charge is 2.21.